The molecule has 0 radical (unpaired) electrons. The maximum atomic E-state index is 10.9. The van der Waals surface area contributed by atoms with E-state index in [4.69, 9.17) is 4.74 Å². The minimum Gasteiger partial charge on any atom is -0.481 e. The molecule has 0 amide bonds. The first kappa shape index (κ1) is 8.23. The van der Waals surface area contributed by atoms with Gasteiger partial charge in [0.05, 0.1) is 12.5 Å². The van der Waals surface area contributed by atoms with Crippen LogP contribution >= 0.6 is 0 Å². The molecule has 0 N–H and O–H groups in total. The normalized spacial score (nSPS) is 17.9. The summed E-state index contributed by atoms with van der Waals surface area (Å²) in [5.41, 5.74) is 0.632. The Bertz CT molecular complexity index is 331. The second kappa shape index (κ2) is 2.83. The predicted octanol–water partition coefficient (Wildman–Crippen LogP) is 1.32. The molecule has 13 heavy (non-hydrogen) atoms. The van der Waals surface area contributed by atoms with Crippen molar-refractivity contribution in [2.45, 2.75) is 18.3 Å². The molecule has 0 bridgehead atoms. The third-order valence-electron chi connectivity index (χ3n) is 2.52. The van der Waals surface area contributed by atoms with Crippen LogP contribution in [-0.4, -0.2) is 18.4 Å². The number of ether oxygens (including phenoxy) is 1. The zero-order valence-electron chi connectivity index (χ0n) is 7.49. The molecule has 0 atom stereocenters. The summed E-state index contributed by atoms with van der Waals surface area (Å²) in [6.07, 6.45) is 4.51. The lowest BCUT2D eigenvalue weighted by Crippen LogP contribution is -2.10. The molecule has 1 aromatic heterocycles. The summed E-state index contributed by atoms with van der Waals surface area (Å²) in [6.45, 7) is 0. The van der Waals surface area contributed by atoms with Gasteiger partial charge in [0.2, 0.25) is 5.88 Å². The summed E-state index contributed by atoms with van der Waals surface area (Å²) < 4.78 is 5.10. The predicted molar refractivity (Wildman–Crippen MR) is 47.8 cm³/mol. The van der Waals surface area contributed by atoms with Crippen LogP contribution in [0.2, 0.25) is 0 Å². The van der Waals surface area contributed by atoms with E-state index in [0.29, 0.717) is 5.88 Å². The van der Waals surface area contributed by atoms with Crippen molar-refractivity contribution in [2.75, 3.05) is 7.11 Å². The lowest BCUT2D eigenvalue weighted by Gasteiger charge is -2.10. The summed E-state index contributed by atoms with van der Waals surface area (Å²) in [5.74, 6) is 0.576. The Morgan fingerprint density at radius 2 is 2.38 bits per heavy atom. The minimum atomic E-state index is -0.292. The smallest absolute Gasteiger partial charge is 0.217 e. The van der Waals surface area contributed by atoms with E-state index < -0.39 is 0 Å². The number of carbonyl (C=O) groups excluding carboxylic acids is 1. The molecule has 2 rings (SSSR count). The van der Waals surface area contributed by atoms with Crippen molar-refractivity contribution in [3.05, 3.63) is 23.9 Å². The van der Waals surface area contributed by atoms with Crippen LogP contribution in [0, 0.1) is 0 Å². The van der Waals surface area contributed by atoms with Crippen molar-refractivity contribution in [3.63, 3.8) is 0 Å². The number of pyridine rings is 1. The summed E-state index contributed by atoms with van der Waals surface area (Å²) in [7, 11) is 1.58. The van der Waals surface area contributed by atoms with E-state index in [0.717, 1.165) is 24.7 Å². The molecule has 3 nitrogen and oxygen atoms in total. The molecule has 0 unspecified atom stereocenters. The Hall–Kier alpha value is -1.38. The molecule has 0 aromatic carbocycles. The van der Waals surface area contributed by atoms with Crippen LogP contribution in [0.1, 0.15) is 18.4 Å². The van der Waals surface area contributed by atoms with Crippen LogP contribution in [0.15, 0.2) is 18.3 Å². The number of hydrogen-bond acceptors (Lipinski definition) is 3. The first-order valence-corrected chi connectivity index (χ1v) is 4.28. The minimum absolute atomic E-state index is 0.292. The average Bonchev–Trinajstić information content (AvgIpc) is 2.98. The van der Waals surface area contributed by atoms with Gasteiger partial charge < -0.3 is 9.53 Å². The number of nitrogens with zero attached hydrogens (tertiary/aromatic N) is 1. The Morgan fingerprint density at radius 1 is 1.62 bits per heavy atom. The molecule has 1 aliphatic rings. The van der Waals surface area contributed by atoms with Gasteiger partial charge in [0.25, 0.3) is 0 Å². The Labute approximate surface area is 76.7 Å². The molecular weight excluding hydrogens is 166 g/mol. The van der Waals surface area contributed by atoms with E-state index in [2.05, 4.69) is 4.98 Å². The Morgan fingerprint density at radius 3 is 2.92 bits per heavy atom. The quantitative estimate of drug-likeness (QED) is 0.653. The zero-order chi connectivity index (χ0) is 9.31. The highest BCUT2D eigenvalue weighted by Gasteiger charge is 2.46. The summed E-state index contributed by atoms with van der Waals surface area (Å²) in [5, 5.41) is 0. The molecule has 1 fully saturated rings. The fourth-order valence-corrected chi connectivity index (χ4v) is 1.52. The topological polar surface area (TPSA) is 39.2 Å². The molecule has 1 aromatic rings. The number of aldehydes is 1. The number of aromatic nitrogens is 1. The van der Waals surface area contributed by atoms with E-state index in [9.17, 15) is 4.79 Å². The Balaban J connectivity index is 2.44. The SMILES string of the molecule is COc1ncccc1C1(C=O)CC1. The fourth-order valence-electron chi connectivity index (χ4n) is 1.52. The third kappa shape index (κ3) is 1.20. The van der Waals surface area contributed by atoms with Crippen LogP contribution in [-0.2, 0) is 10.2 Å². The van der Waals surface area contributed by atoms with Crippen molar-refractivity contribution in [1.82, 2.24) is 4.98 Å². The number of hydrogen-bond donors (Lipinski definition) is 0. The number of methoxy groups -OCH3 is 1. The molecule has 1 aliphatic carbocycles. The summed E-state index contributed by atoms with van der Waals surface area (Å²) in [6, 6.07) is 3.74. The number of rotatable bonds is 3. The van der Waals surface area contributed by atoms with Crippen LogP contribution in [0.3, 0.4) is 0 Å². The second-order valence-electron chi connectivity index (χ2n) is 3.33. The molecule has 68 valence electrons. The molecule has 1 heterocycles. The second-order valence-corrected chi connectivity index (χ2v) is 3.33. The van der Waals surface area contributed by atoms with Crippen molar-refractivity contribution in [2.24, 2.45) is 0 Å². The zero-order valence-corrected chi connectivity index (χ0v) is 7.49. The highest BCUT2D eigenvalue weighted by molar-refractivity contribution is 5.74. The third-order valence-corrected chi connectivity index (χ3v) is 2.52. The first-order chi connectivity index (χ1) is 6.32. The van der Waals surface area contributed by atoms with Crippen molar-refractivity contribution in [3.8, 4) is 5.88 Å². The van der Waals surface area contributed by atoms with Gasteiger partial charge in [0.15, 0.2) is 0 Å². The maximum Gasteiger partial charge on any atom is 0.217 e. The van der Waals surface area contributed by atoms with Crippen molar-refractivity contribution >= 4 is 6.29 Å². The average molecular weight is 177 g/mol. The van der Waals surface area contributed by atoms with E-state index >= 15 is 0 Å². The molecule has 0 spiro atoms. The highest BCUT2D eigenvalue weighted by atomic mass is 16.5. The van der Waals surface area contributed by atoms with E-state index in [1.807, 2.05) is 12.1 Å². The standard InChI is InChI=1S/C10H11NO2/c1-13-9-8(3-2-6-11-9)10(7-12)4-5-10/h2-3,6-7H,4-5H2,1H3. The largest absolute Gasteiger partial charge is 0.481 e. The summed E-state index contributed by atoms with van der Waals surface area (Å²) >= 11 is 0. The molecule has 0 saturated heterocycles. The number of carbonyl (C=O) groups is 1. The van der Waals surface area contributed by atoms with Crippen LogP contribution in [0.4, 0.5) is 0 Å². The molecule has 0 aliphatic heterocycles. The van der Waals surface area contributed by atoms with Gasteiger partial charge in [-0.05, 0) is 18.9 Å². The lowest BCUT2D eigenvalue weighted by atomic mass is 9.99. The van der Waals surface area contributed by atoms with Gasteiger partial charge in [-0.15, -0.1) is 0 Å². The van der Waals surface area contributed by atoms with Gasteiger partial charge >= 0.3 is 0 Å². The summed E-state index contributed by atoms with van der Waals surface area (Å²) in [4.78, 5) is 14.9. The first-order valence-electron chi connectivity index (χ1n) is 4.28. The highest BCUT2D eigenvalue weighted by Crippen LogP contribution is 2.48. The van der Waals surface area contributed by atoms with Crippen LogP contribution in [0.5, 0.6) is 5.88 Å². The van der Waals surface area contributed by atoms with Gasteiger partial charge in [-0.3, -0.25) is 0 Å². The van der Waals surface area contributed by atoms with Crippen LogP contribution in [0.25, 0.3) is 0 Å². The van der Waals surface area contributed by atoms with Crippen molar-refractivity contribution < 1.29 is 9.53 Å². The maximum absolute atomic E-state index is 10.9. The van der Waals surface area contributed by atoms with Gasteiger partial charge in [-0.2, -0.15) is 0 Å². The molecule has 3 heteroatoms. The van der Waals surface area contributed by atoms with E-state index in [-0.39, 0.29) is 5.41 Å². The fraction of sp³-hybridized carbons (Fsp3) is 0.400. The van der Waals surface area contributed by atoms with Crippen LogP contribution < -0.4 is 4.74 Å². The van der Waals surface area contributed by atoms with E-state index in [1.54, 1.807) is 13.3 Å². The molecule has 1 saturated carbocycles. The van der Waals surface area contributed by atoms with E-state index in [1.165, 1.54) is 0 Å². The lowest BCUT2D eigenvalue weighted by molar-refractivity contribution is -0.109. The monoisotopic (exact) mass is 177 g/mol. The van der Waals surface area contributed by atoms with Gasteiger partial charge in [-0.1, -0.05) is 6.07 Å². The van der Waals surface area contributed by atoms with Gasteiger partial charge in [0.1, 0.15) is 6.29 Å². The Kier molecular flexibility index (Phi) is 1.79. The van der Waals surface area contributed by atoms with Gasteiger partial charge in [-0.25, -0.2) is 4.98 Å². The molecular formula is C10H11NO2. The van der Waals surface area contributed by atoms with Crippen molar-refractivity contribution in [1.29, 1.82) is 0 Å². The van der Waals surface area contributed by atoms with Gasteiger partial charge in [0, 0.05) is 11.8 Å².